The number of aliphatic hydroxyl groups is 8. The molecule has 12 atom stereocenters. The molecule has 2 saturated heterocycles. The number of nitrogens with one attached hydrogen (secondary N) is 1. The number of amides is 1. The topological polar surface area (TPSA) is 228 Å². The van der Waals surface area contributed by atoms with Crippen LogP contribution in [0.1, 0.15) is 303 Å². The standard InChI is InChI=1S/C79H139NO13/c1-3-5-7-9-11-13-15-17-19-21-23-25-27-29-31-33-35-36-38-40-42-44-46-48-50-52-54-56-58-60-62-68(83)67(66-90-78-76(89)74(87)77(70(65-82)92-78)93-79-75(88)73(86)72(85)69(64-81)91-79)80-71(84)63-61-59-57-55-53-51-49-47-45-43-41-39-37-34-32-30-28-26-24-22-20-18-16-14-12-10-8-6-4-2/h6,8,12,14,18,20,24,26,30,32,44,46,52,54,60,62,67-70,72-79,81-83,85-89H,3-5,7,9-11,13,15-17,19,21-23,25,27-29,31,33-43,45,47-51,53,55-59,61,63-66H2,1-2H3,(H,80,84)/b8-6-,14-12-,20-18-,26-24-,32-30-,46-44+,54-52+,62-60+. The molecule has 0 radical (unpaired) electrons. The summed E-state index contributed by atoms with van der Waals surface area (Å²) in [5, 5.41) is 87.6. The summed E-state index contributed by atoms with van der Waals surface area (Å²) in [7, 11) is 0. The molecular formula is C79H139NO13. The predicted molar refractivity (Wildman–Crippen MR) is 383 cm³/mol. The fourth-order valence-corrected chi connectivity index (χ4v) is 12.0. The van der Waals surface area contributed by atoms with Crippen LogP contribution in [0.25, 0.3) is 0 Å². The van der Waals surface area contributed by atoms with Gasteiger partial charge in [-0.25, -0.2) is 0 Å². The van der Waals surface area contributed by atoms with E-state index < -0.39 is 86.8 Å². The minimum Gasteiger partial charge on any atom is -0.394 e. The van der Waals surface area contributed by atoms with E-state index in [0.29, 0.717) is 12.8 Å². The van der Waals surface area contributed by atoms with Crippen molar-refractivity contribution in [3.05, 3.63) is 97.2 Å². The molecule has 0 saturated carbocycles. The summed E-state index contributed by atoms with van der Waals surface area (Å²) in [5.74, 6) is -0.255. The Hall–Kier alpha value is -3.09. The molecule has 2 fully saturated rings. The van der Waals surface area contributed by atoms with Crippen molar-refractivity contribution in [1.82, 2.24) is 5.32 Å². The first-order valence-electron chi connectivity index (χ1n) is 38.0. The van der Waals surface area contributed by atoms with Gasteiger partial charge in [-0.3, -0.25) is 4.79 Å². The Labute approximate surface area is 566 Å². The predicted octanol–water partition coefficient (Wildman–Crippen LogP) is 16.5. The minimum absolute atomic E-state index is 0.255. The molecule has 0 bridgehead atoms. The molecule has 2 heterocycles. The third-order valence-corrected chi connectivity index (χ3v) is 18.0. The molecule has 12 unspecified atom stereocenters. The van der Waals surface area contributed by atoms with E-state index in [0.717, 1.165) is 83.5 Å². The third kappa shape index (κ3) is 45.9. The van der Waals surface area contributed by atoms with Crippen LogP contribution in [0.2, 0.25) is 0 Å². The van der Waals surface area contributed by atoms with E-state index >= 15 is 0 Å². The van der Waals surface area contributed by atoms with E-state index in [1.54, 1.807) is 6.08 Å². The summed E-state index contributed by atoms with van der Waals surface area (Å²) < 4.78 is 22.9. The van der Waals surface area contributed by atoms with Gasteiger partial charge >= 0.3 is 0 Å². The molecule has 2 aliphatic heterocycles. The molecule has 0 aromatic heterocycles. The molecule has 0 aromatic carbocycles. The molecule has 1 amide bonds. The van der Waals surface area contributed by atoms with Crippen molar-refractivity contribution in [3.8, 4) is 0 Å². The maximum absolute atomic E-state index is 13.4. The van der Waals surface area contributed by atoms with Crippen LogP contribution in [-0.4, -0.2) is 140 Å². The van der Waals surface area contributed by atoms with E-state index in [4.69, 9.17) is 18.9 Å². The van der Waals surface area contributed by atoms with Crippen molar-refractivity contribution < 1.29 is 64.6 Å². The van der Waals surface area contributed by atoms with Crippen molar-refractivity contribution in [2.24, 2.45) is 0 Å². The normalized spacial score (nSPS) is 23.1. The maximum Gasteiger partial charge on any atom is 0.220 e. The number of hydrogen-bond donors (Lipinski definition) is 9. The van der Waals surface area contributed by atoms with Gasteiger partial charge in [0, 0.05) is 6.42 Å². The van der Waals surface area contributed by atoms with Crippen molar-refractivity contribution in [3.63, 3.8) is 0 Å². The van der Waals surface area contributed by atoms with Gasteiger partial charge in [0.15, 0.2) is 12.6 Å². The zero-order valence-corrected chi connectivity index (χ0v) is 58.7. The summed E-state index contributed by atoms with van der Waals surface area (Å²) in [4.78, 5) is 13.4. The average Bonchev–Trinajstić information content (AvgIpc) is 0.854. The lowest BCUT2D eigenvalue weighted by atomic mass is 9.97. The molecule has 9 N–H and O–H groups in total. The molecule has 0 spiro atoms. The molecule has 2 rings (SSSR count). The highest BCUT2D eigenvalue weighted by atomic mass is 16.7. The van der Waals surface area contributed by atoms with Crippen LogP contribution in [0, 0.1) is 0 Å². The van der Waals surface area contributed by atoms with Crippen LogP contribution in [0.15, 0.2) is 97.2 Å². The first kappa shape index (κ1) is 86.0. The van der Waals surface area contributed by atoms with Crippen LogP contribution in [0.5, 0.6) is 0 Å². The van der Waals surface area contributed by atoms with Gasteiger partial charge in [-0.2, -0.15) is 0 Å². The van der Waals surface area contributed by atoms with Gasteiger partial charge in [0.1, 0.15) is 48.8 Å². The highest BCUT2D eigenvalue weighted by molar-refractivity contribution is 5.76. The Morgan fingerprint density at radius 2 is 0.753 bits per heavy atom. The van der Waals surface area contributed by atoms with Crippen molar-refractivity contribution in [2.45, 2.75) is 376 Å². The van der Waals surface area contributed by atoms with E-state index in [9.17, 15) is 45.6 Å². The maximum atomic E-state index is 13.4. The van der Waals surface area contributed by atoms with Crippen molar-refractivity contribution in [2.75, 3.05) is 19.8 Å². The number of hydrogen-bond acceptors (Lipinski definition) is 13. The van der Waals surface area contributed by atoms with Crippen molar-refractivity contribution in [1.29, 1.82) is 0 Å². The first-order valence-corrected chi connectivity index (χ1v) is 38.0. The summed E-state index contributed by atoms with van der Waals surface area (Å²) >= 11 is 0. The molecular weight excluding hydrogens is 1170 g/mol. The van der Waals surface area contributed by atoms with E-state index in [-0.39, 0.29) is 18.9 Å². The Morgan fingerprint density at radius 3 is 1.18 bits per heavy atom. The second-order valence-electron chi connectivity index (χ2n) is 26.4. The van der Waals surface area contributed by atoms with Gasteiger partial charge in [0.2, 0.25) is 5.91 Å². The van der Waals surface area contributed by atoms with Crippen LogP contribution in [0.4, 0.5) is 0 Å². The monoisotopic (exact) mass is 1310 g/mol. The average molecular weight is 1310 g/mol. The third-order valence-electron chi connectivity index (χ3n) is 18.0. The highest BCUT2D eigenvalue weighted by Gasteiger charge is 2.51. The molecule has 538 valence electrons. The van der Waals surface area contributed by atoms with Crippen LogP contribution in [-0.2, 0) is 23.7 Å². The lowest BCUT2D eigenvalue weighted by molar-refractivity contribution is -0.359. The molecule has 0 aromatic rings. The molecule has 2 aliphatic rings. The van der Waals surface area contributed by atoms with E-state index in [2.05, 4.69) is 104 Å². The quantitative estimate of drug-likeness (QED) is 0.0204. The van der Waals surface area contributed by atoms with Gasteiger partial charge in [-0.1, -0.05) is 304 Å². The van der Waals surface area contributed by atoms with E-state index in [1.165, 1.54) is 186 Å². The fraction of sp³-hybridized carbons (Fsp3) is 0.785. The fourth-order valence-electron chi connectivity index (χ4n) is 12.0. The number of aliphatic hydroxyl groups excluding tert-OH is 8. The summed E-state index contributed by atoms with van der Waals surface area (Å²) in [6.45, 7) is 2.69. The number of allylic oxidation sites excluding steroid dienone is 15. The minimum atomic E-state index is -1.80. The van der Waals surface area contributed by atoms with Crippen LogP contribution in [0.3, 0.4) is 0 Å². The number of carbonyl (C=O) groups is 1. The van der Waals surface area contributed by atoms with Gasteiger partial charge in [-0.05, 0) is 89.9 Å². The van der Waals surface area contributed by atoms with Crippen molar-refractivity contribution >= 4 is 5.91 Å². The molecule has 14 nitrogen and oxygen atoms in total. The van der Waals surface area contributed by atoms with Gasteiger partial charge in [0.05, 0.1) is 32.0 Å². The van der Waals surface area contributed by atoms with Crippen LogP contribution >= 0.6 is 0 Å². The SMILES string of the molecule is CC/C=C\C/C=C\C/C=C\C/C=C\C/C=C\CCCCCCCCCCCCCCCC(=O)NC(COC1OC(CO)C(OC2OC(CO)C(O)C(O)C2O)C(O)C1O)C(O)/C=C/CC/C=C/CC/C=C/CCCCCCCCCCCCCCCCCCCCCC. The summed E-state index contributed by atoms with van der Waals surface area (Å²) in [6, 6.07) is -0.946. The Balaban J connectivity index is 1.68. The Bertz CT molecular complexity index is 1930. The second kappa shape index (κ2) is 62.4. The Morgan fingerprint density at radius 1 is 0.398 bits per heavy atom. The van der Waals surface area contributed by atoms with Gasteiger partial charge in [0.25, 0.3) is 0 Å². The van der Waals surface area contributed by atoms with Gasteiger partial charge in [-0.15, -0.1) is 0 Å². The largest absolute Gasteiger partial charge is 0.394 e. The molecule has 93 heavy (non-hydrogen) atoms. The number of ether oxygens (including phenoxy) is 4. The second-order valence-corrected chi connectivity index (χ2v) is 26.4. The number of unbranched alkanes of at least 4 members (excludes halogenated alkanes) is 35. The lowest BCUT2D eigenvalue weighted by Crippen LogP contribution is -2.65. The zero-order valence-electron chi connectivity index (χ0n) is 58.7. The lowest BCUT2D eigenvalue weighted by Gasteiger charge is -2.46. The molecule has 0 aliphatic carbocycles. The highest BCUT2D eigenvalue weighted by Crippen LogP contribution is 2.30. The smallest absolute Gasteiger partial charge is 0.220 e. The summed E-state index contributed by atoms with van der Waals surface area (Å²) in [5.41, 5.74) is 0. The zero-order chi connectivity index (χ0) is 67.3. The Kier molecular flexibility index (Phi) is 57.7. The van der Waals surface area contributed by atoms with Crippen LogP contribution < -0.4 is 5.32 Å². The van der Waals surface area contributed by atoms with E-state index in [1.807, 2.05) is 6.08 Å². The first-order chi connectivity index (χ1) is 45.6. The summed E-state index contributed by atoms with van der Waals surface area (Å²) in [6.07, 6.45) is 71.9. The van der Waals surface area contributed by atoms with Gasteiger partial charge < -0.3 is 65.1 Å². The molecule has 14 heteroatoms. The number of rotatable bonds is 62. The number of carbonyl (C=O) groups excluding carboxylic acids is 1.